The Hall–Kier alpha value is -0.0800. The van der Waals surface area contributed by atoms with Gasteiger partial charge >= 0.3 is 0 Å². The van der Waals surface area contributed by atoms with Crippen LogP contribution in [0.15, 0.2) is 0 Å². The van der Waals surface area contributed by atoms with Crippen molar-refractivity contribution < 1.29 is 0 Å². The predicted molar refractivity (Wildman–Crippen MR) is 104 cm³/mol. The number of hydrogen-bond donors (Lipinski definition) is 0. The van der Waals surface area contributed by atoms with E-state index in [1.54, 1.807) is 0 Å². The van der Waals surface area contributed by atoms with Gasteiger partial charge in [-0.15, -0.1) is 0 Å². The molecule has 0 fully saturated rings. The lowest BCUT2D eigenvalue weighted by atomic mass is 10.1. The van der Waals surface area contributed by atoms with Crippen molar-refractivity contribution >= 4 is 0 Å². The van der Waals surface area contributed by atoms with E-state index >= 15 is 0 Å². The zero-order valence-electron chi connectivity index (χ0n) is 17.1. The Morgan fingerprint density at radius 3 is 1.36 bits per heavy atom. The number of unbranched alkanes of at least 4 members (excludes halogenated alkanes) is 1. The highest BCUT2D eigenvalue weighted by molar-refractivity contribution is 4.66. The Labute approximate surface area is 142 Å². The summed E-state index contributed by atoms with van der Waals surface area (Å²) in [6, 6.07) is 1.65. The second kappa shape index (κ2) is 17.3. The Balaban J connectivity index is 0. The molecule has 0 aromatic carbocycles. The summed E-state index contributed by atoms with van der Waals surface area (Å²) in [5, 5.41) is 0. The molecule has 0 saturated heterocycles. The first kappa shape index (κ1) is 24.2. The molecule has 22 heavy (non-hydrogen) atoms. The van der Waals surface area contributed by atoms with Crippen LogP contribution in [0.3, 0.4) is 0 Å². The molecule has 0 aliphatic carbocycles. The minimum atomic E-state index is 0.819. The smallest absolute Gasteiger partial charge is 0.00918 e. The van der Waals surface area contributed by atoms with Crippen molar-refractivity contribution in [2.24, 2.45) is 0 Å². The lowest BCUT2D eigenvalue weighted by Crippen LogP contribution is -2.31. The van der Waals surface area contributed by atoms with Crippen molar-refractivity contribution in [1.29, 1.82) is 0 Å². The summed E-state index contributed by atoms with van der Waals surface area (Å²) in [7, 11) is 4.46. The van der Waals surface area contributed by atoms with Crippen molar-refractivity contribution in [3.05, 3.63) is 0 Å². The van der Waals surface area contributed by atoms with Crippen molar-refractivity contribution in [2.45, 2.75) is 105 Å². The van der Waals surface area contributed by atoms with Gasteiger partial charge in [0.15, 0.2) is 0 Å². The first-order valence-electron chi connectivity index (χ1n) is 9.92. The fraction of sp³-hybridized carbons (Fsp3) is 1.00. The number of nitrogens with zero attached hydrogens (tertiary/aromatic N) is 2. The van der Waals surface area contributed by atoms with Crippen LogP contribution in [0, 0.1) is 0 Å². The first-order valence-corrected chi connectivity index (χ1v) is 9.92. The van der Waals surface area contributed by atoms with E-state index in [1.165, 1.54) is 64.5 Å². The normalized spacial score (nSPS) is 12.7. The zero-order chi connectivity index (χ0) is 17.4. The van der Waals surface area contributed by atoms with Gasteiger partial charge in [0.2, 0.25) is 0 Å². The van der Waals surface area contributed by atoms with Crippen LogP contribution in [0.4, 0.5) is 0 Å². The molecule has 2 heteroatoms. The third-order valence-corrected chi connectivity index (χ3v) is 4.85. The van der Waals surface area contributed by atoms with E-state index in [1.807, 2.05) is 0 Å². The van der Waals surface area contributed by atoms with Crippen molar-refractivity contribution in [3.63, 3.8) is 0 Å². The Kier molecular flexibility index (Phi) is 19.0. The van der Waals surface area contributed by atoms with E-state index in [0.29, 0.717) is 0 Å². The van der Waals surface area contributed by atoms with Gasteiger partial charge in [0.05, 0.1) is 0 Å². The monoisotopic (exact) mass is 314 g/mol. The second-order valence-corrected chi connectivity index (χ2v) is 6.58. The molecular weight excluding hydrogens is 268 g/mol. The third-order valence-electron chi connectivity index (χ3n) is 4.85. The molecule has 0 aromatic rings. The van der Waals surface area contributed by atoms with E-state index in [-0.39, 0.29) is 0 Å². The first-order chi connectivity index (χ1) is 10.5. The van der Waals surface area contributed by atoms with E-state index in [4.69, 9.17) is 0 Å². The summed E-state index contributed by atoms with van der Waals surface area (Å²) in [5.41, 5.74) is 0. The summed E-state index contributed by atoms with van der Waals surface area (Å²) in [5.74, 6) is 0. The Morgan fingerprint density at radius 2 is 1.05 bits per heavy atom. The van der Waals surface area contributed by atoms with E-state index in [2.05, 4.69) is 65.4 Å². The lowest BCUT2D eigenvalue weighted by molar-refractivity contribution is 0.226. The van der Waals surface area contributed by atoms with Gasteiger partial charge in [-0.25, -0.2) is 0 Å². The van der Waals surface area contributed by atoms with Crippen LogP contribution in [-0.4, -0.2) is 49.1 Å². The summed E-state index contributed by atoms with van der Waals surface area (Å²) < 4.78 is 0. The molecule has 0 rings (SSSR count). The topological polar surface area (TPSA) is 6.48 Å². The Bertz CT molecular complexity index is 200. The second-order valence-electron chi connectivity index (χ2n) is 6.58. The molecule has 0 bridgehead atoms. The molecule has 0 N–H and O–H groups in total. The van der Waals surface area contributed by atoms with Crippen molar-refractivity contribution in [3.8, 4) is 0 Å². The van der Waals surface area contributed by atoms with Gasteiger partial charge in [-0.1, -0.05) is 67.2 Å². The Morgan fingerprint density at radius 1 is 0.591 bits per heavy atom. The highest BCUT2D eigenvalue weighted by Gasteiger charge is 2.10. The zero-order valence-corrected chi connectivity index (χ0v) is 17.1. The van der Waals surface area contributed by atoms with Crippen LogP contribution >= 0.6 is 0 Å². The minimum Gasteiger partial charge on any atom is -0.304 e. The van der Waals surface area contributed by atoms with Crippen molar-refractivity contribution in [2.75, 3.05) is 27.2 Å². The summed E-state index contributed by atoms with van der Waals surface area (Å²) in [4.78, 5) is 4.92. The highest BCUT2D eigenvalue weighted by atomic mass is 15.1. The minimum absolute atomic E-state index is 0.819. The molecule has 0 radical (unpaired) electrons. The summed E-state index contributed by atoms with van der Waals surface area (Å²) >= 11 is 0. The standard InChI is InChI=1S/2C10H23N/c1-5-8-9-10(6-2)11(4)7-3;1-5-8-10(9-6-2)11(4)7-3/h2*10H,5-9H2,1-4H3. The van der Waals surface area contributed by atoms with E-state index in [0.717, 1.165) is 12.1 Å². The van der Waals surface area contributed by atoms with Gasteiger partial charge in [-0.2, -0.15) is 0 Å². The van der Waals surface area contributed by atoms with Gasteiger partial charge in [0.25, 0.3) is 0 Å². The molecule has 2 nitrogen and oxygen atoms in total. The van der Waals surface area contributed by atoms with Crippen LogP contribution in [-0.2, 0) is 0 Å². The third kappa shape index (κ3) is 12.5. The fourth-order valence-electron chi connectivity index (χ4n) is 2.94. The molecule has 0 amide bonds. The van der Waals surface area contributed by atoms with Gasteiger partial charge in [-0.05, 0) is 52.9 Å². The van der Waals surface area contributed by atoms with Crippen LogP contribution in [0.25, 0.3) is 0 Å². The molecule has 136 valence electrons. The molecule has 0 aliphatic rings. The molecule has 0 aliphatic heterocycles. The number of rotatable bonds is 12. The number of hydrogen-bond acceptors (Lipinski definition) is 2. The lowest BCUT2D eigenvalue weighted by Gasteiger charge is -2.26. The fourth-order valence-corrected chi connectivity index (χ4v) is 2.94. The molecule has 0 saturated carbocycles. The molecule has 1 unspecified atom stereocenters. The largest absolute Gasteiger partial charge is 0.304 e. The summed E-state index contributed by atoms with van der Waals surface area (Å²) in [6.45, 7) is 15.9. The molecule has 1 atom stereocenters. The molecule has 0 heterocycles. The van der Waals surface area contributed by atoms with Gasteiger partial charge < -0.3 is 9.80 Å². The average molecular weight is 315 g/mol. The van der Waals surface area contributed by atoms with Gasteiger partial charge in [0.1, 0.15) is 0 Å². The maximum atomic E-state index is 2.47. The maximum Gasteiger partial charge on any atom is 0.00918 e. The highest BCUT2D eigenvalue weighted by Crippen LogP contribution is 2.11. The average Bonchev–Trinajstić information content (AvgIpc) is 2.54. The molecule has 0 spiro atoms. The van der Waals surface area contributed by atoms with Gasteiger partial charge in [-0.3, -0.25) is 0 Å². The predicted octanol–water partition coefficient (Wildman–Crippen LogP) is 5.81. The van der Waals surface area contributed by atoms with Crippen LogP contribution in [0.1, 0.15) is 92.9 Å². The van der Waals surface area contributed by atoms with Gasteiger partial charge in [0, 0.05) is 12.1 Å². The van der Waals surface area contributed by atoms with Crippen LogP contribution in [0.2, 0.25) is 0 Å². The quantitative estimate of drug-likeness (QED) is 0.448. The maximum absolute atomic E-state index is 2.47. The van der Waals surface area contributed by atoms with E-state index in [9.17, 15) is 0 Å². The molecule has 0 aromatic heterocycles. The summed E-state index contributed by atoms with van der Waals surface area (Å²) in [6.07, 6.45) is 10.7. The van der Waals surface area contributed by atoms with Crippen LogP contribution in [0.5, 0.6) is 0 Å². The van der Waals surface area contributed by atoms with Crippen LogP contribution < -0.4 is 0 Å². The SMILES string of the molecule is CCCC(CCC)N(C)CC.CCCCC(CC)N(C)CC. The van der Waals surface area contributed by atoms with Crippen molar-refractivity contribution in [1.82, 2.24) is 9.80 Å². The molecular formula is C20H46N2. The van der Waals surface area contributed by atoms with E-state index < -0.39 is 0 Å².